The van der Waals surface area contributed by atoms with Crippen LogP contribution in [0.15, 0.2) is 34.9 Å². The second-order valence-electron chi connectivity index (χ2n) is 13.9. The van der Waals surface area contributed by atoms with Crippen LogP contribution in [0.3, 0.4) is 0 Å². The molecule has 0 radical (unpaired) electrons. The number of rotatable bonds is 14. The van der Waals surface area contributed by atoms with Gasteiger partial charge in [0.2, 0.25) is 5.91 Å². The first-order valence-corrected chi connectivity index (χ1v) is 16.7. The number of carbonyl (C=O) groups is 3. The van der Waals surface area contributed by atoms with Crippen molar-refractivity contribution in [1.82, 2.24) is 0 Å². The third kappa shape index (κ3) is 7.25. The Hall–Kier alpha value is -2.17. The molecule has 4 rings (SSSR count). The molecule has 0 saturated heterocycles. The molecule has 2 fully saturated rings. The second-order valence-corrected chi connectivity index (χ2v) is 13.9. The number of allylic oxidation sites excluding steroid dienone is 5. The Bertz CT molecular complexity index is 1050. The van der Waals surface area contributed by atoms with Crippen molar-refractivity contribution in [3.05, 3.63) is 34.9 Å². The van der Waals surface area contributed by atoms with Crippen LogP contribution in [0.2, 0.25) is 0 Å². The van der Waals surface area contributed by atoms with Crippen molar-refractivity contribution < 1.29 is 19.1 Å². The van der Waals surface area contributed by atoms with E-state index < -0.39 is 0 Å². The lowest BCUT2D eigenvalue weighted by molar-refractivity contribution is -0.162. The van der Waals surface area contributed by atoms with E-state index >= 15 is 0 Å². The van der Waals surface area contributed by atoms with Crippen LogP contribution in [0.25, 0.3) is 0 Å². The van der Waals surface area contributed by atoms with E-state index in [1.807, 2.05) is 12.2 Å². The average molecular weight is 566 g/mol. The van der Waals surface area contributed by atoms with Gasteiger partial charge in [-0.15, -0.1) is 0 Å². The largest absolute Gasteiger partial charge is 0.462 e. The average Bonchev–Trinajstić information content (AvgIpc) is 3.28. The van der Waals surface area contributed by atoms with Crippen LogP contribution in [0.1, 0.15) is 130 Å². The van der Waals surface area contributed by atoms with Gasteiger partial charge in [0.1, 0.15) is 6.10 Å². The highest BCUT2D eigenvalue weighted by atomic mass is 16.5. The lowest BCUT2D eigenvalue weighted by Crippen LogP contribution is -2.53. The highest BCUT2D eigenvalue weighted by molar-refractivity contribution is 5.93. The van der Waals surface area contributed by atoms with Gasteiger partial charge in [-0.05, 0) is 111 Å². The van der Waals surface area contributed by atoms with Crippen LogP contribution in [0, 0.1) is 35.0 Å². The first-order valence-electron chi connectivity index (χ1n) is 16.7. The lowest BCUT2D eigenvalue weighted by atomic mass is 9.48. The zero-order chi connectivity index (χ0) is 29.6. The maximum absolute atomic E-state index is 12.3. The zero-order valence-electron chi connectivity index (χ0n) is 26.2. The Balaban J connectivity index is 1.47. The van der Waals surface area contributed by atoms with Crippen LogP contribution in [-0.4, -0.2) is 23.8 Å². The van der Waals surface area contributed by atoms with Crippen LogP contribution in [0.5, 0.6) is 0 Å². The van der Waals surface area contributed by atoms with Crippen molar-refractivity contribution in [1.29, 1.82) is 0 Å². The normalized spacial score (nSPS) is 30.2. The molecule has 2 saturated carbocycles. The van der Waals surface area contributed by atoms with E-state index in [1.165, 1.54) is 62.2 Å². The van der Waals surface area contributed by atoms with E-state index in [2.05, 4.69) is 20.8 Å². The summed E-state index contributed by atoms with van der Waals surface area (Å²) < 4.78 is 6.18. The summed E-state index contributed by atoms with van der Waals surface area (Å²) in [5.74, 6) is 2.51. The molecule has 6 atom stereocenters. The van der Waals surface area contributed by atoms with E-state index in [1.54, 1.807) is 12.5 Å². The number of primary amides is 1. The van der Waals surface area contributed by atoms with Gasteiger partial charge in [-0.1, -0.05) is 70.9 Å². The summed E-state index contributed by atoms with van der Waals surface area (Å²) >= 11 is 0. The van der Waals surface area contributed by atoms with Crippen molar-refractivity contribution in [2.24, 2.45) is 40.7 Å². The number of amides is 1. The summed E-state index contributed by atoms with van der Waals surface area (Å²) in [7, 11) is 0. The summed E-state index contributed by atoms with van der Waals surface area (Å²) in [4.78, 5) is 35.4. The van der Waals surface area contributed by atoms with Crippen LogP contribution in [0.4, 0.5) is 0 Å². The number of hydrogen-bond donors (Lipinski definition) is 1. The molecule has 5 heteroatoms. The van der Waals surface area contributed by atoms with E-state index in [4.69, 9.17) is 10.5 Å². The Morgan fingerprint density at radius 1 is 1.00 bits per heavy atom. The van der Waals surface area contributed by atoms with Gasteiger partial charge in [-0.2, -0.15) is 0 Å². The van der Waals surface area contributed by atoms with Crippen molar-refractivity contribution in [2.45, 2.75) is 137 Å². The standard InChI is InChI=1S/C36H55NO4/c1-24(2)25(3)36-23-28(14-12-10-8-6-5-7-9-11-13-15-34(37)40)35-30-19-17-29(39)22-27(30)16-18-31(35)32(36)20-21-33(36)41-26(4)38/h13,15,22,24-25,28,31-33H,5-12,14,16-21,23H2,1-4H3,(H2,37,40)/t25?,28-,31-,32-,33-,36+/m0/s1. The van der Waals surface area contributed by atoms with E-state index in [-0.39, 0.29) is 23.4 Å². The highest BCUT2D eigenvalue weighted by Gasteiger charge is 2.62. The van der Waals surface area contributed by atoms with Crippen LogP contribution < -0.4 is 5.73 Å². The van der Waals surface area contributed by atoms with Gasteiger partial charge >= 0.3 is 5.97 Å². The third-order valence-corrected chi connectivity index (χ3v) is 11.2. The van der Waals surface area contributed by atoms with Gasteiger partial charge in [0.05, 0.1) is 0 Å². The van der Waals surface area contributed by atoms with Crippen molar-refractivity contribution in [3.8, 4) is 0 Å². The Labute approximate surface area is 248 Å². The number of esters is 1. The van der Waals surface area contributed by atoms with E-state index in [9.17, 15) is 14.4 Å². The van der Waals surface area contributed by atoms with Crippen molar-refractivity contribution in [3.63, 3.8) is 0 Å². The van der Waals surface area contributed by atoms with E-state index in [0.29, 0.717) is 41.8 Å². The number of fused-ring (bicyclic) bond motifs is 4. The molecule has 2 N–H and O–H groups in total. The number of ether oxygens (including phenoxy) is 1. The number of nitrogens with two attached hydrogens (primary N) is 1. The summed E-state index contributed by atoms with van der Waals surface area (Å²) in [6.45, 7) is 8.73. The molecule has 0 spiro atoms. The minimum atomic E-state index is -0.363. The third-order valence-electron chi connectivity index (χ3n) is 11.2. The molecule has 0 aromatic rings. The number of hydrogen-bond acceptors (Lipinski definition) is 4. The number of ketones is 1. The molecule has 5 nitrogen and oxygen atoms in total. The molecule has 0 aliphatic heterocycles. The minimum Gasteiger partial charge on any atom is -0.462 e. The van der Waals surface area contributed by atoms with Crippen molar-refractivity contribution >= 4 is 17.7 Å². The molecule has 0 bridgehead atoms. The molecular formula is C36H55NO4. The van der Waals surface area contributed by atoms with Crippen LogP contribution in [-0.2, 0) is 19.1 Å². The molecule has 41 heavy (non-hydrogen) atoms. The molecule has 0 aromatic heterocycles. The Kier molecular flexibility index (Phi) is 11.1. The monoisotopic (exact) mass is 565 g/mol. The fourth-order valence-electron chi connectivity index (χ4n) is 9.28. The zero-order valence-corrected chi connectivity index (χ0v) is 26.2. The van der Waals surface area contributed by atoms with Gasteiger partial charge in [0, 0.05) is 18.8 Å². The molecule has 1 amide bonds. The number of unbranched alkanes of at least 4 members (excludes halogenated alkanes) is 7. The summed E-state index contributed by atoms with van der Waals surface area (Å²) in [5, 5.41) is 0. The molecule has 0 aromatic carbocycles. The van der Waals surface area contributed by atoms with E-state index in [0.717, 1.165) is 51.4 Å². The molecule has 1 unspecified atom stereocenters. The van der Waals surface area contributed by atoms with Gasteiger partial charge in [-0.3, -0.25) is 14.4 Å². The second kappa shape index (κ2) is 14.3. The minimum absolute atomic E-state index is 0.0270. The maximum Gasteiger partial charge on any atom is 0.302 e. The topological polar surface area (TPSA) is 86.5 Å². The fraction of sp³-hybridized carbons (Fsp3) is 0.750. The van der Waals surface area contributed by atoms with Crippen molar-refractivity contribution in [2.75, 3.05) is 0 Å². The first-order chi connectivity index (χ1) is 19.6. The van der Waals surface area contributed by atoms with Crippen LogP contribution >= 0.6 is 0 Å². The lowest BCUT2D eigenvalue weighted by Gasteiger charge is -2.57. The maximum atomic E-state index is 12.3. The van der Waals surface area contributed by atoms with Gasteiger partial charge in [0.15, 0.2) is 5.78 Å². The Morgan fingerprint density at radius 3 is 2.39 bits per heavy atom. The molecule has 228 valence electrons. The molecule has 4 aliphatic rings. The smallest absolute Gasteiger partial charge is 0.302 e. The summed E-state index contributed by atoms with van der Waals surface area (Å²) in [5.41, 5.74) is 9.78. The number of carbonyl (C=O) groups excluding carboxylic acids is 3. The highest BCUT2D eigenvalue weighted by Crippen LogP contribution is 2.66. The predicted molar refractivity (Wildman–Crippen MR) is 165 cm³/mol. The molecular weight excluding hydrogens is 510 g/mol. The summed E-state index contributed by atoms with van der Waals surface area (Å²) in [6, 6.07) is 0. The van der Waals surface area contributed by atoms with Gasteiger partial charge < -0.3 is 10.5 Å². The quantitative estimate of drug-likeness (QED) is 0.131. The molecule has 0 heterocycles. The first kappa shape index (κ1) is 31.8. The Morgan fingerprint density at radius 2 is 1.71 bits per heavy atom. The fourth-order valence-corrected chi connectivity index (χ4v) is 9.28. The molecule has 4 aliphatic carbocycles. The predicted octanol–water partition coefficient (Wildman–Crippen LogP) is 8.17. The summed E-state index contributed by atoms with van der Waals surface area (Å²) in [6.07, 6.45) is 23.1. The SMILES string of the molecule is CC(=O)O[C@H]1CC[C@H]2[C@@H]3CCC4=CC(=O)CCC4=C3[C@@H](CCCCCCCCCC=CC(N)=O)C[C@]12C(C)C(C)C. The van der Waals surface area contributed by atoms with Gasteiger partial charge in [-0.25, -0.2) is 0 Å². The van der Waals surface area contributed by atoms with Gasteiger partial charge in [0.25, 0.3) is 0 Å².